The molecule has 1 aliphatic heterocycles. The molecule has 2 aromatic carbocycles. The van der Waals surface area contributed by atoms with Crippen molar-refractivity contribution in [2.45, 2.75) is 19.4 Å². The van der Waals surface area contributed by atoms with Crippen LogP contribution in [0.25, 0.3) is 0 Å². The Morgan fingerprint density at radius 2 is 1.84 bits per heavy atom. The number of rotatable bonds is 8. The summed E-state index contributed by atoms with van der Waals surface area (Å²) in [5, 5.41) is 3.41. The van der Waals surface area contributed by atoms with E-state index in [-0.39, 0.29) is 11.8 Å². The lowest BCUT2D eigenvalue weighted by molar-refractivity contribution is -0.136. The van der Waals surface area contributed by atoms with Gasteiger partial charge < -0.3 is 24.6 Å². The van der Waals surface area contributed by atoms with Crippen molar-refractivity contribution in [3.05, 3.63) is 65.7 Å². The summed E-state index contributed by atoms with van der Waals surface area (Å²) in [5.41, 5.74) is 2.16. The maximum absolute atomic E-state index is 13.3. The molecule has 1 N–H and O–H groups in total. The maximum atomic E-state index is 13.3. The predicted molar refractivity (Wildman–Crippen MR) is 127 cm³/mol. The fourth-order valence-electron chi connectivity index (χ4n) is 3.82. The van der Waals surface area contributed by atoms with Gasteiger partial charge in [0.2, 0.25) is 5.91 Å². The van der Waals surface area contributed by atoms with Crippen LogP contribution in [0, 0.1) is 0 Å². The fourth-order valence-corrected chi connectivity index (χ4v) is 3.82. The van der Waals surface area contributed by atoms with Crippen molar-refractivity contribution in [1.29, 1.82) is 0 Å². The van der Waals surface area contributed by atoms with Crippen molar-refractivity contribution in [1.82, 2.24) is 15.1 Å². The molecular weight excluding hydrogens is 404 g/mol. The zero-order valence-corrected chi connectivity index (χ0v) is 19.3. The van der Waals surface area contributed by atoms with Crippen LogP contribution in [0.3, 0.4) is 0 Å². The molecule has 1 atom stereocenters. The van der Waals surface area contributed by atoms with E-state index in [0.717, 1.165) is 22.8 Å². The minimum Gasteiger partial charge on any atom is -0.494 e. The summed E-state index contributed by atoms with van der Waals surface area (Å²) in [4.78, 5) is 21.7. The standard InChI is InChI=1S/C25H34N4O3/c1-4-32-22-12-10-20(11-13-22)19-28(3)25(26-2)27-18-23(21-8-6-5-7-9-21)24(30)29-14-16-31-17-15-29/h5-13,23H,4,14-19H2,1-3H3,(H,26,27). The van der Waals surface area contributed by atoms with E-state index in [1.54, 1.807) is 7.05 Å². The van der Waals surface area contributed by atoms with Gasteiger partial charge in [-0.15, -0.1) is 0 Å². The van der Waals surface area contributed by atoms with E-state index in [4.69, 9.17) is 9.47 Å². The number of aliphatic imine (C=N–C) groups is 1. The van der Waals surface area contributed by atoms with Crippen LogP contribution in [0.1, 0.15) is 24.0 Å². The lowest BCUT2D eigenvalue weighted by Crippen LogP contribution is -2.47. The molecule has 32 heavy (non-hydrogen) atoms. The number of guanidine groups is 1. The molecule has 1 aliphatic rings. The predicted octanol–water partition coefficient (Wildman–Crippen LogP) is 2.74. The highest BCUT2D eigenvalue weighted by molar-refractivity contribution is 5.86. The van der Waals surface area contributed by atoms with Gasteiger partial charge in [0.15, 0.2) is 5.96 Å². The van der Waals surface area contributed by atoms with Crippen LogP contribution >= 0.6 is 0 Å². The highest BCUT2D eigenvalue weighted by atomic mass is 16.5. The van der Waals surface area contributed by atoms with Crippen LogP contribution in [0.15, 0.2) is 59.6 Å². The monoisotopic (exact) mass is 438 g/mol. The van der Waals surface area contributed by atoms with Gasteiger partial charge in [-0.3, -0.25) is 9.79 Å². The van der Waals surface area contributed by atoms with Crippen LogP contribution in [0.4, 0.5) is 0 Å². The smallest absolute Gasteiger partial charge is 0.232 e. The molecule has 0 aliphatic carbocycles. The number of ether oxygens (including phenoxy) is 2. The zero-order valence-electron chi connectivity index (χ0n) is 19.3. The van der Waals surface area contributed by atoms with Crippen LogP contribution in [0.2, 0.25) is 0 Å². The van der Waals surface area contributed by atoms with E-state index >= 15 is 0 Å². The summed E-state index contributed by atoms with van der Waals surface area (Å²) in [7, 11) is 3.76. The van der Waals surface area contributed by atoms with E-state index in [0.29, 0.717) is 46.0 Å². The third kappa shape index (κ3) is 6.47. The molecule has 172 valence electrons. The molecule has 0 aromatic heterocycles. The van der Waals surface area contributed by atoms with Crippen LogP contribution < -0.4 is 10.1 Å². The van der Waals surface area contributed by atoms with E-state index in [1.165, 1.54) is 0 Å². The molecule has 7 heteroatoms. The molecule has 0 saturated carbocycles. The second-order valence-corrected chi connectivity index (χ2v) is 7.76. The zero-order chi connectivity index (χ0) is 22.8. The van der Waals surface area contributed by atoms with Crippen LogP contribution in [-0.2, 0) is 16.1 Å². The Morgan fingerprint density at radius 1 is 1.16 bits per heavy atom. The molecule has 1 unspecified atom stereocenters. The van der Waals surface area contributed by atoms with E-state index in [2.05, 4.69) is 27.3 Å². The van der Waals surface area contributed by atoms with Crippen LogP contribution in [0.5, 0.6) is 5.75 Å². The first-order valence-corrected chi connectivity index (χ1v) is 11.2. The van der Waals surface area contributed by atoms with Gasteiger partial charge in [-0.1, -0.05) is 42.5 Å². The summed E-state index contributed by atoms with van der Waals surface area (Å²) >= 11 is 0. The van der Waals surface area contributed by atoms with Gasteiger partial charge in [0.05, 0.1) is 25.7 Å². The first-order valence-electron chi connectivity index (χ1n) is 11.2. The van der Waals surface area contributed by atoms with E-state index < -0.39 is 0 Å². The minimum absolute atomic E-state index is 0.122. The quantitative estimate of drug-likeness (QED) is 0.507. The Kier molecular flexibility index (Phi) is 8.92. The Balaban J connectivity index is 1.65. The third-order valence-electron chi connectivity index (χ3n) is 5.51. The number of nitrogens with one attached hydrogen (secondary N) is 1. The number of carbonyl (C=O) groups is 1. The second-order valence-electron chi connectivity index (χ2n) is 7.76. The van der Waals surface area contributed by atoms with Gasteiger partial charge in [0, 0.05) is 40.3 Å². The third-order valence-corrected chi connectivity index (χ3v) is 5.51. The Morgan fingerprint density at radius 3 is 2.47 bits per heavy atom. The number of morpholine rings is 1. The van der Waals surface area contributed by atoms with Crippen molar-refractivity contribution in [2.24, 2.45) is 4.99 Å². The summed E-state index contributed by atoms with van der Waals surface area (Å²) in [5.74, 6) is 1.45. The number of carbonyl (C=O) groups excluding carboxylic acids is 1. The number of benzene rings is 2. The molecule has 0 radical (unpaired) electrons. The van der Waals surface area contributed by atoms with E-state index in [1.807, 2.05) is 61.3 Å². The first kappa shape index (κ1) is 23.6. The van der Waals surface area contributed by atoms with Gasteiger partial charge in [-0.25, -0.2) is 0 Å². The normalized spacial score (nSPS) is 15.2. The van der Waals surface area contributed by atoms with E-state index in [9.17, 15) is 4.79 Å². The molecular formula is C25H34N4O3. The Bertz CT molecular complexity index is 865. The lowest BCUT2D eigenvalue weighted by atomic mass is 9.97. The van der Waals surface area contributed by atoms with Crippen molar-refractivity contribution >= 4 is 11.9 Å². The summed E-state index contributed by atoms with van der Waals surface area (Å²) in [6, 6.07) is 18.0. The minimum atomic E-state index is -0.287. The Labute approximate surface area is 191 Å². The van der Waals surface area contributed by atoms with Crippen molar-refractivity contribution in [3.63, 3.8) is 0 Å². The average molecular weight is 439 g/mol. The SMILES string of the molecule is CCOc1ccc(CN(C)C(=NC)NCC(C(=O)N2CCOCC2)c2ccccc2)cc1. The number of hydrogen-bond acceptors (Lipinski definition) is 4. The van der Waals surface area contributed by atoms with Crippen molar-refractivity contribution in [2.75, 3.05) is 53.6 Å². The fraction of sp³-hybridized carbons (Fsp3) is 0.440. The number of nitrogens with zero attached hydrogens (tertiary/aromatic N) is 3. The van der Waals surface area contributed by atoms with Crippen molar-refractivity contribution < 1.29 is 14.3 Å². The molecule has 0 spiro atoms. The molecule has 1 heterocycles. The number of amides is 1. The molecule has 3 rings (SSSR count). The molecule has 7 nitrogen and oxygen atoms in total. The van der Waals surface area contributed by atoms with Gasteiger partial charge in [-0.05, 0) is 30.2 Å². The van der Waals surface area contributed by atoms with Gasteiger partial charge in [-0.2, -0.15) is 0 Å². The van der Waals surface area contributed by atoms with Crippen LogP contribution in [-0.4, -0.2) is 75.2 Å². The van der Waals surface area contributed by atoms with Crippen molar-refractivity contribution in [3.8, 4) is 5.75 Å². The topological polar surface area (TPSA) is 66.4 Å². The average Bonchev–Trinajstić information content (AvgIpc) is 2.84. The highest BCUT2D eigenvalue weighted by Gasteiger charge is 2.27. The van der Waals surface area contributed by atoms with Gasteiger partial charge >= 0.3 is 0 Å². The largest absolute Gasteiger partial charge is 0.494 e. The molecule has 1 saturated heterocycles. The summed E-state index contributed by atoms with van der Waals surface area (Å²) in [6.45, 7) is 6.24. The molecule has 1 fully saturated rings. The van der Waals surface area contributed by atoms with Gasteiger partial charge in [0.25, 0.3) is 0 Å². The second kappa shape index (κ2) is 12.1. The molecule has 2 aromatic rings. The lowest BCUT2D eigenvalue weighted by Gasteiger charge is -2.31. The summed E-state index contributed by atoms with van der Waals surface area (Å²) < 4.78 is 10.9. The summed E-state index contributed by atoms with van der Waals surface area (Å²) in [6.07, 6.45) is 0. The van der Waals surface area contributed by atoms with Gasteiger partial charge in [0.1, 0.15) is 5.75 Å². The first-order chi connectivity index (χ1) is 15.6. The maximum Gasteiger partial charge on any atom is 0.232 e. The molecule has 0 bridgehead atoms. The molecule has 1 amide bonds. The Hall–Kier alpha value is -3.06. The number of hydrogen-bond donors (Lipinski definition) is 1. The highest BCUT2D eigenvalue weighted by Crippen LogP contribution is 2.19.